The first-order chi connectivity index (χ1) is 10.0. The van der Waals surface area contributed by atoms with Crippen molar-refractivity contribution >= 4 is 16.7 Å². The molecule has 4 heteroatoms. The number of aromatic nitrogens is 2. The summed E-state index contributed by atoms with van der Waals surface area (Å²) in [5.74, 6) is 0.664. The normalized spacial score (nSPS) is 12.7. The van der Waals surface area contributed by atoms with Gasteiger partial charge in [0.05, 0.1) is 11.0 Å². The second-order valence-electron chi connectivity index (χ2n) is 5.47. The molecule has 3 N–H and O–H groups in total. The van der Waals surface area contributed by atoms with Gasteiger partial charge in [-0.15, -0.1) is 0 Å². The van der Waals surface area contributed by atoms with E-state index in [4.69, 9.17) is 5.73 Å². The lowest BCUT2D eigenvalue weighted by atomic mass is 10.1. The summed E-state index contributed by atoms with van der Waals surface area (Å²) >= 11 is 0. The Kier molecular flexibility index (Phi) is 3.39. The summed E-state index contributed by atoms with van der Waals surface area (Å²) in [7, 11) is 0. The van der Waals surface area contributed by atoms with E-state index in [9.17, 15) is 5.11 Å². The molecule has 0 spiro atoms. The Morgan fingerprint density at radius 3 is 2.76 bits per heavy atom. The number of nitrogens with zero attached hydrogens (tertiary/aromatic N) is 2. The number of imidazole rings is 1. The van der Waals surface area contributed by atoms with Crippen LogP contribution in [0.25, 0.3) is 11.0 Å². The molecule has 0 bridgehead atoms. The Morgan fingerprint density at radius 2 is 2.05 bits per heavy atom. The molecule has 0 saturated heterocycles. The van der Waals surface area contributed by atoms with Crippen molar-refractivity contribution < 1.29 is 5.11 Å². The molecule has 0 aliphatic rings. The van der Waals surface area contributed by atoms with Crippen molar-refractivity contribution in [2.75, 3.05) is 5.73 Å². The quantitative estimate of drug-likeness (QED) is 0.725. The highest BCUT2D eigenvalue weighted by Crippen LogP contribution is 2.24. The van der Waals surface area contributed by atoms with Crippen LogP contribution in [0.5, 0.6) is 0 Å². The molecule has 1 aromatic heterocycles. The maximum Gasteiger partial charge on any atom is 0.138 e. The van der Waals surface area contributed by atoms with Gasteiger partial charge in [0, 0.05) is 12.2 Å². The molecule has 1 heterocycles. The molecule has 2 aromatic carbocycles. The molecule has 0 saturated carbocycles. The van der Waals surface area contributed by atoms with Crippen molar-refractivity contribution in [2.45, 2.75) is 26.5 Å². The third-order valence-electron chi connectivity index (χ3n) is 3.60. The van der Waals surface area contributed by atoms with E-state index in [2.05, 4.69) is 30.1 Å². The van der Waals surface area contributed by atoms with Crippen molar-refractivity contribution in [3.8, 4) is 0 Å². The van der Waals surface area contributed by atoms with Gasteiger partial charge in [-0.1, -0.05) is 29.8 Å². The zero-order chi connectivity index (χ0) is 15.0. The van der Waals surface area contributed by atoms with Crippen molar-refractivity contribution in [2.24, 2.45) is 0 Å². The number of nitrogen functional groups attached to an aromatic ring is 1. The van der Waals surface area contributed by atoms with Crippen molar-refractivity contribution in [1.82, 2.24) is 9.55 Å². The maximum absolute atomic E-state index is 9.99. The maximum atomic E-state index is 9.99. The van der Waals surface area contributed by atoms with Gasteiger partial charge in [0.25, 0.3) is 0 Å². The van der Waals surface area contributed by atoms with Gasteiger partial charge in [-0.05, 0) is 37.6 Å². The van der Waals surface area contributed by atoms with E-state index in [1.54, 1.807) is 6.92 Å². The second-order valence-corrected chi connectivity index (χ2v) is 5.47. The van der Waals surface area contributed by atoms with E-state index in [1.165, 1.54) is 11.1 Å². The summed E-state index contributed by atoms with van der Waals surface area (Å²) in [4.78, 5) is 4.52. The highest BCUT2D eigenvalue weighted by atomic mass is 16.3. The molecule has 0 aliphatic heterocycles. The number of anilines is 1. The number of aryl methyl sites for hydroxylation is 1. The minimum absolute atomic E-state index is 0.622. The monoisotopic (exact) mass is 281 g/mol. The number of nitrogens with two attached hydrogens (primary N) is 1. The van der Waals surface area contributed by atoms with Crippen LogP contribution in [0.3, 0.4) is 0 Å². The lowest BCUT2D eigenvalue weighted by molar-refractivity contribution is 0.185. The van der Waals surface area contributed by atoms with Crippen LogP contribution in [0.2, 0.25) is 0 Å². The Bertz CT molecular complexity index is 790. The average molecular weight is 281 g/mol. The highest BCUT2D eigenvalue weighted by Gasteiger charge is 2.15. The van der Waals surface area contributed by atoms with Crippen LogP contribution in [0.15, 0.2) is 42.5 Å². The summed E-state index contributed by atoms with van der Waals surface area (Å²) in [6, 6.07) is 14.0. The van der Waals surface area contributed by atoms with Crippen LogP contribution >= 0.6 is 0 Å². The molecule has 1 atom stereocenters. The van der Waals surface area contributed by atoms with E-state index in [1.807, 2.05) is 28.8 Å². The average Bonchev–Trinajstić information content (AvgIpc) is 2.77. The van der Waals surface area contributed by atoms with E-state index >= 15 is 0 Å². The third kappa shape index (κ3) is 2.62. The fourth-order valence-corrected chi connectivity index (χ4v) is 2.64. The first kappa shape index (κ1) is 13.6. The molecule has 0 radical (unpaired) electrons. The number of aliphatic hydroxyl groups excluding tert-OH is 1. The minimum atomic E-state index is -0.622. The molecular weight excluding hydrogens is 262 g/mol. The van der Waals surface area contributed by atoms with Gasteiger partial charge in [-0.3, -0.25) is 0 Å². The molecular formula is C17H19N3O. The van der Waals surface area contributed by atoms with Gasteiger partial charge >= 0.3 is 0 Å². The number of fused-ring (bicyclic) bond motifs is 1. The summed E-state index contributed by atoms with van der Waals surface area (Å²) in [5, 5.41) is 9.99. The molecule has 4 nitrogen and oxygen atoms in total. The van der Waals surface area contributed by atoms with Crippen LogP contribution in [0, 0.1) is 6.92 Å². The Hall–Kier alpha value is -2.33. The molecule has 3 rings (SSSR count). The summed E-state index contributed by atoms with van der Waals surface area (Å²) in [6.07, 6.45) is -0.622. The molecule has 0 aliphatic carbocycles. The fourth-order valence-electron chi connectivity index (χ4n) is 2.64. The highest BCUT2D eigenvalue weighted by molar-refractivity contribution is 5.79. The van der Waals surface area contributed by atoms with Crippen molar-refractivity contribution in [3.63, 3.8) is 0 Å². The topological polar surface area (TPSA) is 64.1 Å². The zero-order valence-electron chi connectivity index (χ0n) is 12.2. The summed E-state index contributed by atoms with van der Waals surface area (Å²) in [5.41, 5.74) is 10.7. The number of hydrogen-bond acceptors (Lipinski definition) is 3. The molecule has 108 valence electrons. The van der Waals surface area contributed by atoms with Crippen LogP contribution in [0.4, 0.5) is 5.69 Å². The molecule has 0 amide bonds. The Labute approximate surface area is 123 Å². The van der Waals surface area contributed by atoms with E-state index in [0.717, 1.165) is 11.0 Å². The van der Waals surface area contributed by atoms with Gasteiger partial charge < -0.3 is 15.4 Å². The Balaban J connectivity index is 2.13. The van der Waals surface area contributed by atoms with Gasteiger partial charge in [-0.25, -0.2) is 4.98 Å². The van der Waals surface area contributed by atoms with Gasteiger partial charge in [0.2, 0.25) is 0 Å². The van der Waals surface area contributed by atoms with E-state index in [-0.39, 0.29) is 0 Å². The van der Waals surface area contributed by atoms with Gasteiger partial charge in [-0.2, -0.15) is 0 Å². The van der Waals surface area contributed by atoms with E-state index < -0.39 is 6.10 Å². The SMILES string of the molecule is Cc1cccc(Cn2c(C(C)O)nc3cc(N)ccc32)c1. The predicted octanol–water partition coefficient (Wildman–Crippen LogP) is 3.03. The zero-order valence-corrected chi connectivity index (χ0v) is 12.2. The number of aliphatic hydroxyl groups is 1. The van der Waals surface area contributed by atoms with Crippen LogP contribution in [-0.4, -0.2) is 14.7 Å². The summed E-state index contributed by atoms with van der Waals surface area (Å²) in [6.45, 7) is 4.49. The smallest absolute Gasteiger partial charge is 0.138 e. The Morgan fingerprint density at radius 1 is 1.24 bits per heavy atom. The van der Waals surface area contributed by atoms with Gasteiger partial charge in [0.15, 0.2) is 0 Å². The minimum Gasteiger partial charge on any atom is -0.399 e. The molecule has 21 heavy (non-hydrogen) atoms. The van der Waals surface area contributed by atoms with E-state index in [0.29, 0.717) is 18.1 Å². The lowest BCUT2D eigenvalue weighted by Crippen LogP contribution is -2.08. The fraction of sp³-hybridized carbons (Fsp3) is 0.235. The number of rotatable bonds is 3. The molecule has 0 fully saturated rings. The van der Waals surface area contributed by atoms with Crippen LogP contribution in [-0.2, 0) is 6.54 Å². The van der Waals surface area contributed by atoms with Crippen molar-refractivity contribution in [3.05, 3.63) is 59.4 Å². The van der Waals surface area contributed by atoms with Crippen LogP contribution in [0.1, 0.15) is 30.0 Å². The first-order valence-electron chi connectivity index (χ1n) is 7.04. The largest absolute Gasteiger partial charge is 0.399 e. The first-order valence-corrected chi connectivity index (χ1v) is 7.04. The number of hydrogen-bond donors (Lipinski definition) is 2. The predicted molar refractivity (Wildman–Crippen MR) is 85.1 cm³/mol. The third-order valence-corrected chi connectivity index (χ3v) is 3.60. The second kappa shape index (κ2) is 5.22. The summed E-state index contributed by atoms with van der Waals surface area (Å²) < 4.78 is 2.05. The standard InChI is InChI=1S/C17H19N3O/c1-11-4-3-5-13(8-11)10-20-16-7-6-14(18)9-15(16)19-17(20)12(2)21/h3-9,12,21H,10,18H2,1-2H3. The number of benzene rings is 2. The van der Waals surface area contributed by atoms with Gasteiger partial charge in [0.1, 0.15) is 11.9 Å². The van der Waals surface area contributed by atoms with Crippen molar-refractivity contribution in [1.29, 1.82) is 0 Å². The molecule has 1 unspecified atom stereocenters. The lowest BCUT2D eigenvalue weighted by Gasteiger charge is -2.11. The van der Waals surface area contributed by atoms with Crippen LogP contribution < -0.4 is 5.73 Å². The molecule has 3 aromatic rings.